The molecule has 510 valence electrons. The summed E-state index contributed by atoms with van der Waals surface area (Å²) >= 11 is 0. The van der Waals surface area contributed by atoms with E-state index in [9.17, 15) is 10.5 Å². The van der Waals surface area contributed by atoms with Gasteiger partial charge in [-0.15, -0.1) is 0 Å². The summed E-state index contributed by atoms with van der Waals surface area (Å²) in [5, 5.41) is 34.1. The molecule has 0 atom stereocenters. The van der Waals surface area contributed by atoms with Gasteiger partial charge in [-0.1, -0.05) is 261 Å². The summed E-state index contributed by atoms with van der Waals surface area (Å²) in [7, 11) is 0. The van der Waals surface area contributed by atoms with Gasteiger partial charge in [0.25, 0.3) is 0 Å². The molecule has 0 saturated carbocycles. The molecule has 0 radical (unpaired) electrons. The summed E-state index contributed by atoms with van der Waals surface area (Å²) in [5.74, 6) is 1.23. The summed E-state index contributed by atoms with van der Waals surface area (Å²) in [6.45, 7) is 0. The fourth-order valence-corrected chi connectivity index (χ4v) is 16.9. The van der Waals surface area contributed by atoms with Crippen molar-refractivity contribution in [3.8, 4) is 90.9 Å². The van der Waals surface area contributed by atoms with E-state index in [4.69, 9.17) is 15.0 Å². The van der Waals surface area contributed by atoms with Crippen LogP contribution in [0.15, 0.2) is 370 Å². The summed E-state index contributed by atoms with van der Waals surface area (Å²) in [5.41, 5.74) is 24.7. The number of rotatable bonds is 9. The second-order valence-electron chi connectivity index (χ2n) is 28.0. The quantitative estimate of drug-likeness (QED) is 0.143. The van der Waals surface area contributed by atoms with Crippen LogP contribution in [0.25, 0.3) is 199 Å². The first-order valence-electron chi connectivity index (χ1n) is 36.9. The van der Waals surface area contributed by atoms with Crippen LogP contribution in [0, 0.1) is 22.7 Å². The number of aromatic nitrogens is 7. The molecule has 0 aliphatic heterocycles. The Morgan fingerprint density at radius 1 is 0.227 bits per heavy atom. The maximum atomic E-state index is 10.7. The van der Waals surface area contributed by atoms with Gasteiger partial charge in [0, 0.05) is 70.8 Å². The molecule has 0 N–H and O–H groups in total. The van der Waals surface area contributed by atoms with Gasteiger partial charge in [-0.2, -0.15) is 10.5 Å². The Bertz CT molecular complexity index is 7590. The Labute approximate surface area is 631 Å². The van der Waals surface area contributed by atoms with Crippen LogP contribution in [0.4, 0.5) is 0 Å². The Kier molecular flexibility index (Phi) is 14.8. The third-order valence-corrected chi connectivity index (χ3v) is 22.0. The van der Waals surface area contributed by atoms with Gasteiger partial charge < -0.3 is 9.13 Å². The van der Waals surface area contributed by atoms with Crippen LogP contribution in [-0.2, 0) is 0 Å². The molecule has 22 aromatic rings. The number of pyridine rings is 1. The SMILES string of the molecule is N#Cc1c(-c2ccccc2)c(-n2c3ccccc3c3cc(-c4ccc5c6ccccc6n(-c6ccc(-c7ccccc7)cc6)c5c4)ccc32)nc2ccccc12.N#Cc1nc(-n2c3ccccc3c3cc(-c4ccc5c(c4)c4ccccc4n5-c4ccc(-c5cccc6ccccc56)cc4)ccc32)nc2ccccc12. The third-order valence-electron chi connectivity index (χ3n) is 22.0. The number of nitriles is 2. The molecule has 0 unspecified atom stereocenters. The average Bonchev–Trinajstić information content (AvgIpc) is 1.25. The van der Waals surface area contributed by atoms with Crippen LogP contribution in [0.2, 0.25) is 0 Å². The monoisotopic (exact) mass is 1400 g/mol. The molecule has 110 heavy (non-hydrogen) atoms. The van der Waals surface area contributed by atoms with E-state index in [0.717, 1.165) is 127 Å². The fraction of sp³-hybridized carbons (Fsp3) is 0. The van der Waals surface area contributed by atoms with E-state index in [0.29, 0.717) is 17.2 Å². The summed E-state index contributed by atoms with van der Waals surface area (Å²) in [6.07, 6.45) is 0. The minimum Gasteiger partial charge on any atom is -0.309 e. The number of hydrogen-bond donors (Lipinski definition) is 0. The molecule has 0 aliphatic carbocycles. The average molecular weight is 1400 g/mol. The maximum absolute atomic E-state index is 10.7. The van der Waals surface area contributed by atoms with E-state index in [-0.39, 0.29) is 0 Å². The summed E-state index contributed by atoms with van der Waals surface area (Å²) in [6, 6.07) is 135. The summed E-state index contributed by atoms with van der Waals surface area (Å²) < 4.78 is 9.07. The molecule has 9 heteroatoms. The first-order valence-corrected chi connectivity index (χ1v) is 36.9. The lowest BCUT2D eigenvalue weighted by atomic mass is 9.97. The molecule has 16 aromatic carbocycles. The second kappa shape index (κ2) is 25.8. The molecule has 0 fully saturated rings. The second-order valence-corrected chi connectivity index (χ2v) is 28.0. The highest BCUT2D eigenvalue weighted by Gasteiger charge is 2.25. The molecule has 6 heterocycles. The van der Waals surface area contributed by atoms with Crippen molar-refractivity contribution >= 4 is 120 Å². The lowest BCUT2D eigenvalue weighted by molar-refractivity contribution is 1.00. The van der Waals surface area contributed by atoms with Crippen LogP contribution in [-0.4, -0.2) is 33.2 Å². The first kappa shape index (κ1) is 63.2. The van der Waals surface area contributed by atoms with E-state index in [1.165, 1.54) is 65.6 Å². The van der Waals surface area contributed by atoms with Gasteiger partial charge in [-0.05, 0) is 170 Å². The Balaban J connectivity index is 0.000000140. The highest BCUT2D eigenvalue weighted by atomic mass is 15.2. The normalized spacial score (nSPS) is 11.6. The highest BCUT2D eigenvalue weighted by Crippen LogP contribution is 2.44. The molecule has 9 nitrogen and oxygen atoms in total. The highest BCUT2D eigenvalue weighted by molar-refractivity contribution is 6.15. The largest absolute Gasteiger partial charge is 0.309 e. The zero-order valence-corrected chi connectivity index (χ0v) is 59.2. The molecule has 0 bridgehead atoms. The van der Waals surface area contributed by atoms with Crippen LogP contribution in [0.1, 0.15) is 11.3 Å². The number of nitrogens with zero attached hydrogens (tertiary/aromatic N) is 9. The molecule has 0 spiro atoms. The van der Waals surface area contributed by atoms with Gasteiger partial charge in [0.2, 0.25) is 5.95 Å². The molecule has 0 saturated heterocycles. The van der Waals surface area contributed by atoms with Crippen molar-refractivity contribution in [3.63, 3.8) is 0 Å². The third kappa shape index (κ3) is 10.3. The first-order chi connectivity index (χ1) is 54.5. The minimum atomic E-state index is 0.367. The van der Waals surface area contributed by atoms with E-state index < -0.39 is 0 Å². The van der Waals surface area contributed by atoms with Crippen LogP contribution in [0.5, 0.6) is 0 Å². The zero-order chi connectivity index (χ0) is 72.9. The number of benzene rings is 16. The maximum Gasteiger partial charge on any atom is 0.236 e. The summed E-state index contributed by atoms with van der Waals surface area (Å²) in [4.78, 5) is 15.0. The molecule has 0 aliphatic rings. The van der Waals surface area contributed by atoms with E-state index in [2.05, 4.69) is 328 Å². The van der Waals surface area contributed by atoms with Crippen LogP contribution in [0.3, 0.4) is 0 Å². The van der Waals surface area contributed by atoms with Crippen molar-refractivity contribution in [2.24, 2.45) is 0 Å². The lowest BCUT2D eigenvalue weighted by Gasteiger charge is -2.16. The van der Waals surface area contributed by atoms with Gasteiger partial charge >= 0.3 is 0 Å². The number of fused-ring (bicyclic) bond motifs is 15. The Morgan fingerprint density at radius 2 is 0.618 bits per heavy atom. The van der Waals surface area contributed by atoms with Crippen LogP contribution >= 0.6 is 0 Å². The van der Waals surface area contributed by atoms with Crippen molar-refractivity contribution in [3.05, 3.63) is 381 Å². The fourth-order valence-electron chi connectivity index (χ4n) is 16.9. The smallest absolute Gasteiger partial charge is 0.236 e. The van der Waals surface area contributed by atoms with Gasteiger partial charge in [0.05, 0.1) is 60.7 Å². The molecular weight excluding hydrogens is 1340 g/mol. The van der Waals surface area contributed by atoms with Crippen molar-refractivity contribution in [1.29, 1.82) is 10.5 Å². The number of para-hydroxylation sites is 6. The zero-order valence-electron chi connectivity index (χ0n) is 59.2. The molecular formula is C101H61N9. The van der Waals surface area contributed by atoms with E-state index in [1.54, 1.807) is 0 Å². The van der Waals surface area contributed by atoms with Crippen molar-refractivity contribution in [1.82, 2.24) is 33.2 Å². The van der Waals surface area contributed by atoms with Crippen LogP contribution < -0.4 is 0 Å². The van der Waals surface area contributed by atoms with Gasteiger partial charge in [-0.3, -0.25) is 9.13 Å². The Morgan fingerprint density at radius 3 is 1.20 bits per heavy atom. The van der Waals surface area contributed by atoms with Gasteiger partial charge in [-0.25, -0.2) is 15.0 Å². The predicted molar refractivity (Wildman–Crippen MR) is 453 cm³/mol. The topological polar surface area (TPSA) is 106 Å². The van der Waals surface area contributed by atoms with Crippen molar-refractivity contribution < 1.29 is 0 Å². The number of hydrogen-bond acceptors (Lipinski definition) is 5. The standard InChI is InChI=1S/C52H32N4.C49H29N5/c53-33-45-40-17-7-10-20-46(40)54-52(51(45)36-15-5-2-6-16-36)56-48-22-12-9-19-42(48)44-31-37(26-30-49(44)56)38-25-29-43-41-18-8-11-21-47(41)55(50(43)32-38)39-27-23-35(24-28-39)34-13-3-1-4-14-34;50-30-44-40-15-3-6-17-43(40)51-49(52-44)54-46-19-8-5-14-39(46)42-29-34(23-27-48(42)54)33-22-26-47-41(28-33)38-13-4-7-18-45(38)53(47)35-24-20-32(21-25-35)37-16-9-11-31-10-1-2-12-36(31)37/h1-32H;1-29H. The Hall–Kier alpha value is -15.3. The van der Waals surface area contributed by atoms with E-state index in [1.807, 2.05) is 72.8 Å². The van der Waals surface area contributed by atoms with Crippen molar-refractivity contribution in [2.75, 3.05) is 0 Å². The predicted octanol–water partition coefficient (Wildman–Crippen LogP) is 25.5. The lowest BCUT2D eigenvalue weighted by Crippen LogP contribution is -2.04. The molecule has 0 amide bonds. The van der Waals surface area contributed by atoms with E-state index >= 15 is 0 Å². The van der Waals surface area contributed by atoms with Crippen molar-refractivity contribution in [2.45, 2.75) is 0 Å². The van der Waals surface area contributed by atoms with Gasteiger partial charge in [0.15, 0.2) is 5.69 Å². The minimum absolute atomic E-state index is 0.367. The molecule has 22 rings (SSSR count). The van der Waals surface area contributed by atoms with Gasteiger partial charge in [0.1, 0.15) is 18.0 Å². The molecule has 6 aromatic heterocycles.